The van der Waals surface area contributed by atoms with Crippen LogP contribution in [0, 0.1) is 11.3 Å². The van der Waals surface area contributed by atoms with Crippen LogP contribution in [0.25, 0.3) is 27.8 Å². The van der Waals surface area contributed by atoms with Gasteiger partial charge >= 0.3 is 0 Å². The van der Waals surface area contributed by atoms with Gasteiger partial charge < -0.3 is 15.6 Å². The van der Waals surface area contributed by atoms with Gasteiger partial charge in [0.2, 0.25) is 0 Å². The fraction of sp³-hybridized carbons (Fsp3) is 0.185. The van der Waals surface area contributed by atoms with E-state index in [1.807, 2.05) is 24.3 Å². The van der Waals surface area contributed by atoms with E-state index in [1.54, 1.807) is 6.07 Å². The molecule has 0 aliphatic carbocycles. The van der Waals surface area contributed by atoms with E-state index in [0.717, 1.165) is 47.5 Å². The van der Waals surface area contributed by atoms with Gasteiger partial charge in [0.25, 0.3) is 0 Å². The molecule has 5 rings (SSSR count). The SMILES string of the molecule is C=C(C#N)C=O.CN1CCNCC1c1cccc(-n2cc(-c3ccc(Cl)cc3)c3c(N)ncnc32)c1. The zero-order chi connectivity index (χ0) is 25.7. The quantitative estimate of drug-likeness (QED) is 0.246. The van der Waals surface area contributed by atoms with Gasteiger partial charge in [-0.05, 0) is 42.4 Å². The molecular weight excluding hydrogens is 474 g/mol. The molecule has 1 aliphatic heterocycles. The molecule has 0 radical (unpaired) electrons. The first-order valence-electron chi connectivity index (χ1n) is 11.4. The Morgan fingerprint density at radius 2 is 2.06 bits per heavy atom. The molecule has 4 aromatic rings. The summed E-state index contributed by atoms with van der Waals surface area (Å²) in [5.74, 6) is 0.469. The number of fused-ring (bicyclic) bond motifs is 1. The van der Waals surface area contributed by atoms with Crippen molar-refractivity contribution in [1.29, 1.82) is 5.26 Å². The van der Waals surface area contributed by atoms with E-state index in [4.69, 9.17) is 22.6 Å². The van der Waals surface area contributed by atoms with Crippen LogP contribution >= 0.6 is 11.6 Å². The molecule has 3 heterocycles. The van der Waals surface area contributed by atoms with Crippen LogP contribution in [-0.2, 0) is 4.79 Å². The number of likely N-dealkylation sites (N-methyl/N-ethyl adjacent to an activating group) is 1. The molecule has 8 nitrogen and oxygen atoms in total. The molecule has 1 atom stereocenters. The molecular formula is C27H26ClN7O. The minimum Gasteiger partial charge on any atom is -0.383 e. The Bertz CT molecular complexity index is 1440. The minimum atomic E-state index is -0.0324. The van der Waals surface area contributed by atoms with Crippen LogP contribution in [-0.4, -0.2) is 52.4 Å². The summed E-state index contributed by atoms with van der Waals surface area (Å²) in [6.07, 6.45) is 4.02. The van der Waals surface area contributed by atoms with E-state index in [-0.39, 0.29) is 5.57 Å². The number of nitrogens with zero attached hydrogens (tertiary/aromatic N) is 5. The molecule has 0 saturated carbocycles. The van der Waals surface area contributed by atoms with Crippen LogP contribution in [0.4, 0.5) is 5.82 Å². The zero-order valence-electron chi connectivity index (χ0n) is 19.9. The van der Waals surface area contributed by atoms with E-state index in [0.29, 0.717) is 23.2 Å². The van der Waals surface area contributed by atoms with E-state index < -0.39 is 0 Å². The summed E-state index contributed by atoms with van der Waals surface area (Å²) in [4.78, 5) is 20.6. The summed E-state index contributed by atoms with van der Waals surface area (Å²) in [7, 11) is 2.18. The average Bonchev–Trinajstić information content (AvgIpc) is 3.30. The second kappa shape index (κ2) is 11.1. The number of rotatable bonds is 4. The Morgan fingerprint density at radius 1 is 1.28 bits per heavy atom. The maximum Gasteiger partial charge on any atom is 0.159 e. The van der Waals surface area contributed by atoms with Crippen LogP contribution in [0.2, 0.25) is 5.02 Å². The highest BCUT2D eigenvalue weighted by Gasteiger charge is 2.21. The van der Waals surface area contributed by atoms with E-state index in [1.165, 1.54) is 11.9 Å². The number of hydrogen-bond acceptors (Lipinski definition) is 7. The van der Waals surface area contributed by atoms with Crippen molar-refractivity contribution in [3.63, 3.8) is 0 Å². The summed E-state index contributed by atoms with van der Waals surface area (Å²) in [6.45, 7) is 6.06. The topological polar surface area (TPSA) is 113 Å². The number of nitrogens with one attached hydrogen (secondary N) is 1. The fourth-order valence-electron chi connectivity index (χ4n) is 4.22. The summed E-state index contributed by atoms with van der Waals surface area (Å²) < 4.78 is 2.09. The van der Waals surface area contributed by atoms with Gasteiger partial charge in [0.1, 0.15) is 18.2 Å². The predicted molar refractivity (Wildman–Crippen MR) is 143 cm³/mol. The van der Waals surface area contributed by atoms with Crippen LogP contribution < -0.4 is 11.1 Å². The van der Waals surface area contributed by atoms with Crippen molar-refractivity contribution < 1.29 is 4.79 Å². The standard InChI is InChI=1S/C23H23ClN6.C4H3NO/c1-29-10-9-26-12-20(29)16-3-2-4-18(11-16)30-13-19(15-5-7-17(24)8-6-15)21-22(25)27-14-28-23(21)30;1-4(2-5)3-6/h2-8,11,13-14,20,26H,9-10,12H2,1H3,(H2,25,27,28);3H,1H2. The maximum absolute atomic E-state index is 9.41. The fourth-order valence-corrected chi connectivity index (χ4v) is 4.34. The van der Waals surface area contributed by atoms with Gasteiger partial charge in [-0.1, -0.05) is 42.4 Å². The van der Waals surface area contributed by atoms with Gasteiger partial charge in [0.15, 0.2) is 11.9 Å². The second-order valence-electron chi connectivity index (χ2n) is 8.43. The number of halogens is 1. The predicted octanol–water partition coefficient (Wildman–Crippen LogP) is 4.16. The lowest BCUT2D eigenvalue weighted by molar-refractivity contribution is -0.104. The zero-order valence-corrected chi connectivity index (χ0v) is 20.6. The average molecular weight is 500 g/mol. The van der Waals surface area contributed by atoms with E-state index >= 15 is 0 Å². The van der Waals surface area contributed by atoms with E-state index in [9.17, 15) is 4.79 Å². The van der Waals surface area contributed by atoms with Gasteiger partial charge in [-0.2, -0.15) is 5.26 Å². The number of aldehydes is 1. The van der Waals surface area contributed by atoms with Crippen LogP contribution in [0.5, 0.6) is 0 Å². The smallest absolute Gasteiger partial charge is 0.159 e. The van der Waals surface area contributed by atoms with Gasteiger partial charge in [0.05, 0.1) is 11.0 Å². The molecule has 1 saturated heterocycles. The van der Waals surface area contributed by atoms with Crippen molar-refractivity contribution in [1.82, 2.24) is 24.8 Å². The van der Waals surface area contributed by atoms with E-state index in [2.05, 4.69) is 68.8 Å². The van der Waals surface area contributed by atoms with Gasteiger partial charge in [-0.3, -0.25) is 9.69 Å². The molecule has 2 aromatic carbocycles. The third-order valence-corrected chi connectivity index (χ3v) is 6.35. The van der Waals surface area contributed by atoms with Crippen molar-refractivity contribution in [2.45, 2.75) is 6.04 Å². The summed E-state index contributed by atoms with van der Waals surface area (Å²) >= 11 is 6.09. The van der Waals surface area contributed by atoms with Gasteiger partial charge in [-0.25, -0.2) is 9.97 Å². The van der Waals surface area contributed by atoms with Crippen molar-refractivity contribution in [2.75, 3.05) is 32.4 Å². The maximum atomic E-state index is 9.41. The van der Waals surface area contributed by atoms with Crippen molar-refractivity contribution in [3.05, 3.63) is 83.8 Å². The van der Waals surface area contributed by atoms with Crippen molar-refractivity contribution in [3.8, 4) is 22.9 Å². The monoisotopic (exact) mass is 499 g/mol. The molecule has 1 aliphatic rings. The Kier molecular flexibility index (Phi) is 7.76. The van der Waals surface area contributed by atoms with Gasteiger partial charge in [-0.15, -0.1) is 0 Å². The Balaban J connectivity index is 0.000000455. The van der Waals surface area contributed by atoms with Gasteiger partial charge in [0, 0.05) is 48.1 Å². The van der Waals surface area contributed by atoms with Crippen LogP contribution in [0.3, 0.4) is 0 Å². The molecule has 1 unspecified atom stereocenters. The first-order valence-corrected chi connectivity index (χ1v) is 11.7. The number of carbonyl (C=O) groups excluding carboxylic acids is 1. The highest BCUT2D eigenvalue weighted by atomic mass is 35.5. The largest absolute Gasteiger partial charge is 0.383 e. The number of nitriles is 1. The molecule has 0 bridgehead atoms. The third kappa shape index (κ3) is 5.29. The summed E-state index contributed by atoms with van der Waals surface area (Å²) in [5.41, 5.74) is 11.4. The number of anilines is 1. The lowest BCUT2D eigenvalue weighted by atomic mass is 10.0. The van der Waals surface area contributed by atoms with Crippen molar-refractivity contribution in [2.24, 2.45) is 0 Å². The summed E-state index contributed by atoms with van der Waals surface area (Å²) in [5, 5.41) is 12.8. The Morgan fingerprint density at radius 3 is 2.72 bits per heavy atom. The molecule has 3 N–H and O–H groups in total. The molecule has 2 aromatic heterocycles. The first kappa shape index (κ1) is 25.1. The lowest BCUT2D eigenvalue weighted by Gasteiger charge is -2.33. The molecule has 1 fully saturated rings. The molecule has 36 heavy (non-hydrogen) atoms. The molecule has 182 valence electrons. The summed E-state index contributed by atoms with van der Waals surface area (Å²) in [6, 6.07) is 18.3. The number of nitrogens with two attached hydrogens (primary N) is 1. The number of carbonyl (C=O) groups is 1. The number of piperazine rings is 1. The number of benzene rings is 2. The molecule has 9 heteroatoms. The minimum absolute atomic E-state index is 0.0324. The number of allylic oxidation sites excluding steroid dienone is 1. The highest BCUT2D eigenvalue weighted by molar-refractivity contribution is 6.30. The third-order valence-electron chi connectivity index (χ3n) is 6.10. The van der Waals surface area contributed by atoms with Crippen molar-refractivity contribution >= 4 is 34.7 Å². The number of nitrogen functional groups attached to an aromatic ring is 1. The van der Waals surface area contributed by atoms with Crippen LogP contribution in [0.15, 0.2) is 73.2 Å². The molecule has 0 spiro atoms. The second-order valence-corrected chi connectivity index (χ2v) is 8.86. The normalized spacial score (nSPS) is 15.5. The Labute approximate surface area is 214 Å². The first-order chi connectivity index (χ1) is 17.4. The highest BCUT2D eigenvalue weighted by Crippen LogP contribution is 2.35. The molecule has 0 amide bonds. The Hall–Kier alpha value is -4.03. The number of aromatic nitrogens is 3. The number of hydrogen-bond donors (Lipinski definition) is 2. The van der Waals surface area contributed by atoms with Crippen LogP contribution in [0.1, 0.15) is 11.6 Å². The lowest BCUT2D eigenvalue weighted by Crippen LogP contribution is -2.43.